The lowest BCUT2D eigenvalue weighted by atomic mass is 10.1. The van der Waals surface area contributed by atoms with Gasteiger partial charge in [-0.25, -0.2) is 13.9 Å². The normalized spacial score (nSPS) is 26.7. The van der Waals surface area contributed by atoms with Crippen LogP contribution in [-0.2, 0) is 27.9 Å². The van der Waals surface area contributed by atoms with Gasteiger partial charge in [0.15, 0.2) is 0 Å². The molecule has 13 nitrogen and oxygen atoms in total. The molecule has 1 saturated heterocycles. The molecule has 14 heteroatoms. The number of aliphatic hydroxyl groups is 2. The van der Waals surface area contributed by atoms with Gasteiger partial charge in [-0.3, -0.25) is 18.9 Å². The highest BCUT2D eigenvalue weighted by molar-refractivity contribution is 7.46. The molecule has 0 saturated carbocycles. The lowest BCUT2D eigenvalue weighted by Crippen LogP contribution is -2.36. The van der Waals surface area contributed by atoms with E-state index in [0.29, 0.717) is 0 Å². The van der Waals surface area contributed by atoms with E-state index in [1.54, 1.807) is 0 Å². The van der Waals surface area contributed by atoms with Crippen LogP contribution in [-0.4, -0.2) is 59.0 Å². The number of rotatable bonds is 4. The van der Waals surface area contributed by atoms with Crippen LogP contribution in [0.1, 0.15) is 6.23 Å². The third kappa shape index (κ3) is 3.03. The fourth-order valence-electron chi connectivity index (χ4n) is 3.08. The Balaban J connectivity index is 2.14. The third-order valence-corrected chi connectivity index (χ3v) is 4.71. The van der Waals surface area contributed by atoms with Crippen LogP contribution in [0.4, 0.5) is 0 Å². The molecule has 0 spiro atoms. The minimum Gasteiger partial charge on any atom is -0.394 e. The number of aryl methyl sites for hydroxylation is 2. The van der Waals surface area contributed by atoms with Gasteiger partial charge in [0.1, 0.15) is 18.3 Å². The topological polar surface area (TPSA) is 180 Å². The van der Waals surface area contributed by atoms with Gasteiger partial charge in [-0.05, 0) is 0 Å². The number of fused-ring (bicyclic) bond motifs is 1. The zero-order valence-electron chi connectivity index (χ0n) is 13.7. The summed E-state index contributed by atoms with van der Waals surface area (Å²) in [5.41, 5.74) is -1.13. The number of ether oxygens (including phenoxy) is 1. The van der Waals surface area contributed by atoms with E-state index in [-0.39, 0.29) is 11.2 Å². The first-order chi connectivity index (χ1) is 12.0. The maximum absolute atomic E-state index is 12.1. The van der Waals surface area contributed by atoms with Crippen molar-refractivity contribution < 1.29 is 38.4 Å². The molecule has 1 aliphatic rings. The Labute approximate surface area is 144 Å². The van der Waals surface area contributed by atoms with Crippen LogP contribution in [0, 0.1) is 0 Å². The van der Waals surface area contributed by atoms with E-state index < -0.39 is 50.2 Å². The number of aromatic nitrogens is 4. The minimum absolute atomic E-state index is 0.110. The van der Waals surface area contributed by atoms with E-state index in [0.717, 1.165) is 4.57 Å². The smallest absolute Gasteiger partial charge is 0.394 e. The summed E-state index contributed by atoms with van der Waals surface area (Å²) in [7, 11) is -2.04. The Morgan fingerprint density at radius 2 is 2.08 bits per heavy atom. The van der Waals surface area contributed by atoms with Crippen molar-refractivity contribution in [2.75, 3.05) is 6.61 Å². The summed E-state index contributed by atoms with van der Waals surface area (Å²) >= 11 is 0. The molecular weight excluding hydrogens is 375 g/mol. The minimum atomic E-state index is -4.96. The van der Waals surface area contributed by atoms with Crippen LogP contribution in [0.25, 0.3) is 11.2 Å². The van der Waals surface area contributed by atoms with Gasteiger partial charge in [-0.1, -0.05) is 0 Å². The molecule has 0 aliphatic carbocycles. The van der Waals surface area contributed by atoms with Crippen molar-refractivity contribution in [3.05, 3.63) is 27.2 Å². The number of imidazole rings is 1. The van der Waals surface area contributed by atoms with Gasteiger partial charge < -0.3 is 24.7 Å². The SMILES string of the molecule is Cn1c(=O)[nH]c(=O)c2c1n([C@@H]1O[C@H](CO)[C@@H](OP(=O)(O)O)[C@H]1O)c[n+]2C. The molecule has 26 heavy (non-hydrogen) atoms. The molecular formula is C12H18N4O9P+. The average molecular weight is 393 g/mol. The highest BCUT2D eigenvalue weighted by atomic mass is 31.2. The summed E-state index contributed by atoms with van der Waals surface area (Å²) < 4.78 is 24.9. The number of hydrogen-bond donors (Lipinski definition) is 5. The summed E-state index contributed by atoms with van der Waals surface area (Å²) in [6.45, 7) is -0.678. The average Bonchev–Trinajstić information content (AvgIpc) is 3.02. The van der Waals surface area contributed by atoms with Crippen LogP contribution < -0.4 is 15.8 Å². The van der Waals surface area contributed by atoms with Crippen molar-refractivity contribution >= 4 is 19.0 Å². The quantitative estimate of drug-likeness (QED) is 0.261. The van der Waals surface area contributed by atoms with Crippen molar-refractivity contribution in [2.45, 2.75) is 24.5 Å². The first-order valence-electron chi connectivity index (χ1n) is 7.43. The molecule has 3 heterocycles. The highest BCUT2D eigenvalue weighted by Crippen LogP contribution is 2.43. The summed E-state index contributed by atoms with van der Waals surface area (Å²) in [6.07, 6.45) is -4.23. The van der Waals surface area contributed by atoms with Gasteiger partial charge in [0.2, 0.25) is 12.6 Å². The molecule has 0 aromatic carbocycles. The number of nitrogens with zero attached hydrogens (tertiary/aromatic N) is 3. The van der Waals surface area contributed by atoms with Crippen molar-refractivity contribution in [1.29, 1.82) is 0 Å². The second-order valence-electron chi connectivity index (χ2n) is 5.92. The number of hydrogen-bond acceptors (Lipinski definition) is 7. The molecule has 5 N–H and O–H groups in total. The second kappa shape index (κ2) is 6.39. The van der Waals surface area contributed by atoms with E-state index >= 15 is 0 Å². The highest BCUT2D eigenvalue weighted by Gasteiger charge is 2.51. The monoisotopic (exact) mass is 393 g/mol. The van der Waals surface area contributed by atoms with Crippen LogP contribution >= 0.6 is 7.82 Å². The zero-order chi connectivity index (χ0) is 19.4. The van der Waals surface area contributed by atoms with Gasteiger partial charge in [0.05, 0.1) is 13.7 Å². The van der Waals surface area contributed by atoms with Crippen molar-refractivity contribution in [3.8, 4) is 0 Å². The molecule has 0 bridgehead atoms. The Bertz CT molecular complexity index is 1000. The van der Waals surface area contributed by atoms with E-state index in [4.69, 9.17) is 14.5 Å². The summed E-state index contributed by atoms with van der Waals surface area (Å²) in [6, 6.07) is 0. The zero-order valence-corrected chi connectivity index (χ0v) is 14.6. The van der Waals surface area contributed by atoms with E-state index in [1.165, 1.54) is 29.6 Å². The van der Waals surface area contributed by atoms with E-state index in [1.807, 2.05) is 0 Å². The number of phosphoric ester groups is 1. The molecule has 1 fully saturated rings. The molecule has 4 atom stereocenters. The summed E-state index contributed by atoms with van der Waals surface area (Å²) in [4.78, 5) is 44.1. The molecule has 0 unspecified atom stereocenters. The molecule has 0 amide bonds. The largest absolute Gasteiger partial charge is 0.470 e. The number of nitrogens with one attached hydrogen (secondary N) is 1. The van der Waals surface area contributed by atoms with E-state index in [2.05, 4.69) is 9.51 Å². The molecule has 2 aromatic rings. The molecule has 3 rings (SSSR count). The van der Waals surface area contributed by atoms with Crippen LogP contribution in [0.5, 0.6) is 0 Å². The van der Waals surface area contributed by atoms with Crippen molar-refractivity contribution in [3.63, 3.8) is 0 Å². The second-order valence-corrected chi connectivity index (χ2v) is 7.11. The lowest BCUT2D eigenvalue weighted by molar-refractivity contribution is -0.646. The van der Waals surface area contributed by atoms with Gasteiger partial charge >= 0.3 is 19.1 Å². The van der Waals surface area contributed by atoms with Gasteiger partial charge in [-0.2, -0.15) is 4.57 Å². The third-order valence-electron chi connectivity index (χ3n) is 4.19. The maximum Gasteiger partial charge on any atom is 0.470 e. The van der Waals surface area contributed by atoms with Crippen LogP contribution in [0.3, 0.4) is 0 Å². The van der Waals surface area contributed by atoms with Crippen molar-refractivity contribution in [1.82, 2.24) is 14.1 Å². The predicted octanol–water partition coefficient (Wildman–Crippen LogP) is -3.42. The standard InChI is InChI=1S/C12H17N4O9P/c1-14-4-16(10-6(14)9(19)13-12(20)15(10)2)11-7(18)8(5(3-17)24-11)25-26(21,22)23/h4-5,7-8,11,17-18H,3H2,1-2H3,(H2-,13,19,20,21,22,23)/p+1/t5-,7-,8-,11-/m1/s1. The molecule has 144 valence electrons. The van der Waals surface area contributed by atoms with Crippen LogP contribution in [0.15, 0.2) is 15.9 Å². The van der Waals surface area contributed by atoms with Gasteiger partial charge in [-0.15, -0.1) is 0 Å². The summed E-state index contributed by atoms with van der Waals surface area (Å²) in [5.74, 6) is 0. The Morgan fingerprint density at radius 1 is 1.42 bits per heavy atom. The molecule has 0 radical (unpaired) electrons. The Hall–Kier alpha value is -1.86. The maximum atomic E-state index is 12.1. The first-order valence-corrected chi connectivity index (χ1v) is 8.96. The number of H-pyrrole nitrogens is 1. The van der Waals surface area contributed by atoms with Crippen molar-refractivity contribution in [2.24, 2.45) is 14.1 Å². The Kier molecular flexibility index (Phi) is 4.65. The van der Waals surface area contributed by atoms with E-state index in [9.17, 15) is 24.4 Å². The number of aromatic amines is 1. The van der Waals surface area contributed by atoms with Gasteiger partial charge in [0.25, 0.3) is 11.2 Å². The number of phosphoric acid groups is 1. The first kappa shape index (κ1) is 18.9. The van der Waals surface area contributed by atoms with Gasteiger partial charge in [0, 0.05) is 7.05 Å². The van der Waals surface area contributed by atoms with Crippen LogP contribution in [0.2, 0.25) is 0 Å². The molecule has 2 aromatic heterocycles. The summed E-state index contributed by atoms with van der Waals surface area (Å²) in [5, 5.41) is 19.8. The predicted molar refractivity (Wildman–Crippen MR) is 82.9 cm³/mol. The number of aliphatic hydroxyl groups excluding tert-OH is 2. The molecule has 1 aliphatic heterocycles. The fourth-order valence-corrected chi connectivity index (χ4v) is 3.66. The Morgan fingerprint density at radius 3 is 2.65 bits per heavy atom. The fraction of sp³-hybridized carbons (Fsp3) is 0.583. The lowest BCUT2D eigenvalue weighted by Gasteiger charge is -2.18.